The van der Waals surface area contributed by atoms with Gasteiger partial charge in [-0.05, 0) is 26.8 Å². The fraction of sp³-hybridized carbons (Fsp3) is 0.333. The molecule has 0 aliphatic heterocycles. The predicted octanol–water partition coefficient (Wildman–Crippen LogP) is 5.03. The van der Waals surface area contributed by atoms with E-state index in [9.17, 15) is 5.39 Å². The summed E-state index contributed by atoms with van der Waals surface area (Å²) in [4.78, 5) is 3.29. The largest absolute Gasteiger partial charge is 0.493 e. The van der Waals surface area contributed by atoms with Crippen LogP contribution in [0.3, 0.4) is 0 Å². The molecule has 0 heterocycles. The van der Waals surface area contributed by atoms with Crippen molar-refractivity contribution in [2.45, 2.75) is 20.8 Å². The molecule has 0 N–H and O–H groups in total. The topological polar surface area (TPSA) is 55.8 Å². The molecule has 2 aromatic carbocycles. The molecule has 0 saturated heterocycles. The highest BCUT2D eigenvalue weighted by molar-refractivity contribution is 5.81. The molecule has 0 saturated carbocycles. The SMILES string of the molecule is CCOc1cc(-c2ccccc2OCC)c(OCC)cc1[N+]#N. The number of benzene rings is 2. The Hall–Kier alpha value is -2.74. The molecule has 23 heavy (non-hydrogen) atoms. The Labute approximate surface area is 136 Å². The molecule has 0 fully saturated rings. The third-order valence-corrected chi connectivity index (χ3v) is 3.25. The van der Waals surface area contributed by atoms with E-state index in [2.05, 4.69) is 4.98 Å². The molecule has 0 amide bonds. The smallest absolute Gasteiger partial charge is 0.430 e. The van der Waals surface area contributed by atoms with Gasteiger partial charge >= 0.3 is 5.69 Å². The van der Waals surface area contributed by atoms with Gasteiger partial charge in [0.25, 0.3) is 0 Å². The van der Waals surface area contributed by atoms with E-state index in [1.54, 1.807) is 6.07 Å². The van der Waals surface area contributed by atoms with Gasteiger partial charge < -0.3 is 14.2 Å². The average Bonchev–Trinajstić information content (AvgIpc) is 2.57. The Morgan fingerprint density at radius 3 is 2.04 bits per heavy atom. The lowest BCUT2D eigenvalue weighted by Crippen LogP contribution is -1.99. The maximum atomic E-state index is 9.20. The lowest BCUT2D eigenvalue weighted by atomic mass is 10.0. The summed E-state index contributed by atoms with van der Waals surface area (Å²) < 4.78 is 17.0. The van der Waals surface area contributed by atoms with E-state index in [0.717, 1.165) is 16.9 Å². The Morgan fingerprint density at radius 1 is 0.783 bits per heavy atom. The molecule has 5 heteroatoms. The molecular formula is C18H21N2O3+. The van der Waals surface area contributed by atoms with Crippen molar-refractivity contribution < 1.29 is 14.2 Å². The third kappa shape index (κ3) is 3.72. The van der Waals surface area contributed by atoms with E-state index in [1.165, 1.54) is 0 Å². The van der Waals surface area contributed by atoms with Crippen molar-refractivity contribution in [1.82, 2.24) is 0 Å². The summed E-state index contributed by atoms with van der Waals surface area (Å²) in [6, 6.07) is 11.2. The highest BCUT2D eigenvalue weighted by atomic mass is 16.5. The van der Waals surface area contributed by atoms with Crippen LogP contribution in [0.1, 0.15) is 20.8 Å². The highest BCUT2D eigenvalue weighted by Crippen LogP contribution is 2.43. The number of hydrogen-bond acceptors (Lipinski definition) is 4. The predicted molar refractivity (Wildman–Crippen MR) is 90.1 cm³/mol. The zero-order valence-corrected chi connectivity index (χ0v) is 13.7. The van der Waals surface area contributed by atoms with E-state index in [0.29, 0.717) is 37.0 Å². The van der Waals surface area contributed by atoms with Gasteiger partial charge in [0.05, 0.1) is 25.9 Å². The Balaban J connectivity index is 2.64. The van der Waals surface area contributed by atoms with Crippen LogP contribution in [0.4, 0.5) is 5.69 Å². The number of para-hydroxylation sites is 1. The molecule has 5 nitrogen and oxygen atoms in total. The molecular weight excluding hydrogens is 292 g/mol. The van der Waals surface area contributed by atoms with Gasteiger partial charge in [0.1, 0.15) is 11.5 Å². The number of ether oxygens (including phenoxy) is 3. The van der Waals surface area contributed by atoms with Gasteiger partial charge in [0.2, 0.25) is 11.1 Å². The van der Waals surface area contributed by atoms with Crippen molar-refractivity contribution >= 4 is 5.69 Å². The summed E-state index contributed by atoms with van der Waals surface area (Å²) in [6.45, 7) is 7.28. The number of nitrogens with zero attached hydrogens (tertiary/aromatic N) is 2. The van der Waals surface area contributed by atoms with Crippen molar-refractivity contribution in [3.8, 4) is 28.4 Å². The number of hydrogen-bond donors (Lipinski definition) is 0. The lowest BCUT2D eigenvalue weighted by molar-refractivity contribution is 0.331. The molecule has 0 unspecified atom stereocenters. The lowest BCUT2D eigenvalue weighted by Gasteiger charge is -2.14. The van der Waals surface area contributed by atoms with Crippen LogP contribution in [-0.4, -0.2) is 19.8 Å². The van der Waals surface area contributed by atoms with Crippen LogP contribution in [0.2, 0.25) is 0 Å². The second kappa shape index (κ2) is 8.04. The monoisotopic (exact) mass is 313 g/mol. The Kier molecular flexibility index (Phi) is 5.81. The first-order chi connectivity index (χ1) is 11.2. The van der Waals surface area contributed by atoms with Crippen LogP contribution >= 0.6 is 0 Å². The summed E-state index contributed by atoms with van der Waals surface area (Å²) in [5.74, 6) is 1.89. The Morgan fingerprint density at radius 2 is 1.39 bits per heavy atom. The second-order valence-electron chi connectivity index (χ2n) is 4.71. The molecule has 120 valence electrons. The minimum absolute atomic E-state index is 0.341. The van der Waals surface area contributed by atoms with Crippen molar-refractivity contribution in [1.29, 1.82) is 5.39 Å². The Bertz CT molecular complexity index is 708. The van der Waals surface area contributed by atoms with Crippen LogP contribution in [-0.2, 0) is 0 Å². The zero-order valence-electron chi connectivity index (χ0n) is 13.7. The van der Waals surface area contributed by atoms with Crippen LogP contribution in [0.15, 0.2) is 36.4 Å². The maximum Gasteiger partial charge on any atom is 0.430 e. The first-order valence-electron chi connectivity index (χ1n) is 7.76. The van der Waals surface area contributed by atoms with Crippen LogP contribution in [0.5, 0.6) is 17.2 Å². The van der Waals surface area contributed by atoms with E-state index in [-0.39, 0.29) is 0 Å². The van der Waals surface area contributed by atoms with E-state index in [4.69, 9.17) is 14.2 Å². The normalized spacial score (nSPS) is 10.0. The van der Waals surface area contributed by atoms with Crippen LogP contribution in [0, 0.1) is 5.39 Å². The molecule has 0 aromatic heterocycles. The molecule has 0 atom stereocenters. The summed E-state index contributed by atoms with van der Waals surface area (Å²) in [5, 5.41) is 9.20. The number of diazo groups is 1. The minimum Gasteiger partial charge on any atom is -0.493 e. The van der Waals surface area contributed by atoms with Gasteiger partial charge in [-0.15, -0.1) is 0 Å². The third-order valence-electron chi connectivity index (χ3n) is 3.25. The van der Waals surface area contributed by atoms with Gasteiger partial charge in [-0.2, -0.15) is 0 Å². The van der Waals surface area contributed by atoms with Crippen molar-refractivity contribution in [3.05, 3.63) is 41.4 Å². The van der Waals surface area contributed by atoms with Crippen molar-refractivity contribution in [3.63, 3.8) is 0 Å². The molecule has 0 radical (unpaired) electrons. The van der Waals surface area contributed by atoms with E-state index in [1.807, 2.05) is 51.1 Å². The van der Waals surface area contributed by atoms with Gasteiger partial charge in [-0.25, -0.2) is 0 Å². The molecule has 0 aliphatic carbocycles. The van der Waals surface area contributed by atoms with Gasteiger partial charge in [-0.1, -0.05) is 18.2 Å². The standard InChI is InChI=1S/C18H21N2O3/c1-4-21-16-10-8-7-9-13(16)14-11-18(23-6-3)15(20-19)12-17(14)22-5-2/h7-12H,4-6H2,1-3H3/q+1. The molecule has 2 rings (SSSR count). The molecule has 0 bridgehead atoms. The fourth-order valence-electron chi connectivity index (χ4n) is 2.35. The fourth-order valence-corrected chi connectivity index (χ4v) is 2.35. The summed E-state index contributed by atoms with van der Waals surface area (Å²) in [6.07, 6.45) is 0. The summed E-state index contributed by atoms with van der Waals surface area (Å²) in [7, 11) is 0. The number of rotatable bonds is 7. The minimum atomic E-state index is 0.341. The maximum absolute atomic E-state index is 9.20. The van der Waals surface area contributed by atoms with Crippen LogP contribution < -0.4 is 14.2 Å². The molecule has 2 aromatic rings. The second-order valence-corrected chi connectivity index (χ2v) is 4.71. The molecule has 0 spiro atoms. The van der Waals surface area contributed by atoms with E-state index >= 15 is 0 Å². The summed E-state index contributed by atoms with van der Waals surface area (Å²) in [5.41, 5.74) is 2.09. The summed E-state index contributed by atoms with van der Waals surface area (Å²) >= 11 is 0. The zero-order chi connectivity index (χ0) is 16.7. The average molecular weight is 313 g/mol. The van der Waals surface area contributed by atoms with Gasteiger partial charge in [0.15, 0.2) is 4.98 Å². The van der Waals surface area contributed by atoms with E-state index < -0.39 is 0 Å². The first-order valence-corrected chi connectivity index (χ1v) is 7.76. The van der Waals surface area contributed by atoms with Crippen molar-refractivity contribution in [2.24, 2.45) is 0 Å². The van der Waals surface area contributed by atoms with Crippen LogP contribution in [0.25, 0.3) is 16.1 Å². The first kappa shape index (κ1) is 16.6. The van der Waals surface area contributed by atoms with Crippen molar-refractivity contribution in [2.75, 3.05) is 19.8 Å². The van der Waals surface area contributed by atoms with Gasteiger partial charge in [-0.3, -0.25) is 0 Å². The quantitative estimate of drug-likeness (QED) is 0.672. The highest BCUT2D eigenvalue weighted by Gasteiger charge is 2.22. The van der Waals surface area contributed by atoms with Gasteiger partial charge in [0, 0.05) is 17.2 Å². The molecule has 0 aliphatic rings.